The van der Waals surface area contributed by atoms with Crippen LogP contribution in [0.15, 0.2) is 23.6 Å². The molecule has 2 aromatic heterocycles. The molecule has 0 aromatic carbocycles. The number of thiophene rings is 2. The standard InChI is InChI=1S/C20H30S2/c1-13(2)17-8-9-18(22-17)15(5)11-20(6,7)16-10-19(14(3)4)21-12-16/h8-10,12-15H,11H2,1-7H3. The van der Waals surface area contributed by atoms with Crippen LogP contribution in [-0.4, -0.2) is 0 Å². The van der Waals surface area contributed by atoms with Crippen molar-refractivity contribution in [2.45, 2.75) is 78.1 Å². The van der Waals surface area contributed by atoms with Crippen molar-refractivity contribution in [3.8, 4) is 0 Å². The van der Waals surface area contributed by atoms with Crippen molar-refractivity contribution in [2.75, 3.05) is 0 Å². The molecular formula is C20H30S2. The highest BCUT2D eigenvalue weighted by Gasteiger charge is 2.26. The maximum absolute atomic E-state index is 2.43. The van der Waals surface area contributed by atoms with Gasteiger partial charge in [-0.25, -0.2) is 0 Å². The molecule has 22 heavy (non-hydrogen) atoms. The second-order valence-electron chi connectivity index (χ2n) is 7.78. The van der Waals surface area contributed by atoms with E-state index in [1.165, 1.54) is 26.6 Å². The van der Waals surface area contributed by atoms with E-state index in [0.29, 0.717) is 17.8 Å². The van der Waals surface area contributed by atoms with Gasteiger partial charge < -0.3 is 0 Å². The van der Waals surface area contributed by atoms with E-state index in [9.17, 15) is 0 Å². The van der Waals surface area contributed by atoms with Gasteiger partial charge in [0.05, 0.1) is 0 Å². The molecule has 0 nitrogen and oxygen atoms in total. The summed E-state index contributed by atoms with van der Waals surface area (Å²) in [7, 11) is 0. The number of hydrogen-bond acceptors (Lipinski definition) is 2. The lowest BCUT2D eigenvalue weighted by molar-refractivity contribution is 0.442. The first kappa shape index (κ1) is 17.7. The molecule has 2 heteroatoms. The minimum atomic E-state index is 0.241. The zero-order valence-corrected chi connectivity index (χ0v) is 16.7. The van der Waals surface area contributed by atoms with E-state index in [0.717, 1.165) is 0 Å². The Labute approximate surface area is 144 Å². The van der Waals surface area contributed by atoms with Gasteiger partial charge in [0.2, 0.25) is 0 Å². The van der Waals surface area contributed by atoms with Gasteiger partial charge in [-0.1, -0.05) is 48.5 Å². The molecule has 0 radical (unpaired) electrons. The Hall–Kier alpha value is -0.600. The van der Waals surface area contributed by atoms with Gasteiger partial charge in [0, 0.05) is 14.6 Å². The Bertz CT molecular complexity index is 599. The van der Waals surface area contributed by atoms with Crippen molar-refractivity contribution in [2.24, 2.45) is 0 Å². The fourth-order valence-corrected chi connectivity index (χ4v) is 5.12. The zero-order valence-electron chi connectivity index (χ0n) is 15.1. The van der Waals surface area contributed by atoms with Crippen LogP contribution in [0.4, 0.5) is 0 Å². The van der Waals surface area contributed by atoms with Crippen molar-refractivity contribution >= 4 is 22.7 Å². The first-order valence-electron chi connectivity index (χ1n) is 8.39. The molecule has 2 rings (SSSR count). The van der Waals surface area contributed by atoms with Crippen molar-refractivity contribution < 1.29 is 0 Å². The normalized spacial score (nSPS) is 14.0. The highest BCUT2D eigenvalue weighted by atomic mass is 32.1. The lowest BCUT2D eigenvalue weighted by Gasteiger charge is -2.27. The zero-order chi connectivity index (χ0) is 16.5. The first-order chi connectivity index (χ1) is 10.2. The van der Waals surface area contributed by atoms with Crippen LogP contribution in [0.25, 0.3) is 0 Å². The SMILES string of the molecule is CC(C)c1cc(C(C)(C)CC(C)c2ccc(C(C)C)s2)cs1. The van der Waals surface area contributed by atoms with Crippen LogP contribution < -0.4 is 0 Å². The van der Waals surface area contributed by atoms with E-state index in [1.807, 2.05) is 22.7 Å². The van der Waals surface area contributed by atoms with Crippen molar-refractivity contribution in [3.63, 3.8) is 0 Å². The molecule has 0 spiro atoms. The lowest BCUT2D eigenvalue weighted by Crippen LogP contribution is -2.19. The summed E-state index contributed by atoms with van der Waals surface area (Å²) in [6.07, 6.45) is 1.21. The minimum absolute atomic E-state index is 0.241. The Morgan fingerprint density at radius 3 is 2.00 bits per heavy atom. The molecule has 0 amide bonds. The number of rotatable bonds is 6. The Balaban J connectivity index is 2.12. The van der Waals surface area contributed by atoms with E-state index in [4.69, 9.17) is 0 Å². The second kappa shape index (κ2) is 6.88. The van der Waals surface area contributed by atoms with E-state index in [-0.39, 0.29) is 5.41 Å². The average Bonchev–Trinajstić information content (AvgIpc) is 3.08. The van der Waals surface area contributed by atoms with E-state index in [2.05, 4.69) is 72.0 Å². The van der Waals surface area contributed by atoms with Crippen LogP contribution in [0.5, 0.6) is 0 Å². The summed E-state index contributed by atoms with van der Waals surface area (Å²) in [5, 5.41) is 2.37. The Morgan fingerprint density at radius 1 is 0.909 bits per heavy atom. The van der Waals surface area contributed by atoms with Crippen LogP contribution in [0.1, 0.15) is 92.8 Å². The Morgan fingerprint density at radius 2 is 1.50 bits per heavy atom. The second-order valence-corrected chi connectivity index (χ2v) is 9.87. The molecule has 0 aliphatic rings. The summed E-state index contributed by atoms with van der Waals surface area (Å²) in [4.78, 5) is 4.56. The highest BCUT2D eigenvalue weighted by molar-refractivity contribution is 7.12. The van der Waals surface area contributed by atoms with Crippen LogP contribution in [0.3, 0.4) is 0 Å². The van der Waals surface area contributed by atoms with E-state index in [1.54, 1.807) is 0 Å². The molecule has 0 saturated carbocycles. The van der Waals surface area contributed by atoms with Crippen LogP contribution in [-0.2, 0) is 5.41 Å². The van der Waals surface area contributed by atoms with Crippen LogP contribution in [0, 0.1) is 0 Å². The maximum Gasteiger partial charge on any atom is 0.00768 e. The third-order valence-corrected chi connectivity index (χ3v) is 7.34. The van der Waals surface area contributed by atoms with Crippen LogP contribution >= 0.6 is 22.7 Å². The fourth-order valence-electron chi connectivity index (χ4n) is 2.94. The molecule has 1 unspecified atom stereocenters. The summed E-state index contributed by atoms with van der Waals surface area (Å²) in [5.41, 5.74) is 1.75. The lowest BCUT2D eigenvalue weighted by atomic mass is 9.78. The van der Waals surface area contributed by atoms with Gasteiger partial charge >= 0.3 is 0 Å². The van der Waals surface area contributed by atoms with Gasteiger partial charge in [0.25, 0.3) is 0 Å². The van der Waals surface area contributed by atoms with Crippen molar-refractivity contribution in [1.29, 1.82) is 0 Å². The summed E-state index contributed by atoms with van der Waals surface area (Å²) in [6, 6.07) is 7.08. The molecule has 0 fully saturated rings. The molecule has 122 valence electrons. The molecule has 0 bridgehead atoms. The molecule has 0 saturated heterocycles. The molecule has 0 aliphatic carbocycles. The monoisotopic (exact) mass is 334 g/mol. The van der Waals surface area contributed by atoms with E-state index < -0.39 is 0 Å². The topological polar surface area (TPSA) is 0 Å². The van der Waals surface area contributed by atoms with Gasteiger partial charge in [-0.15, -0.1) is 22.7 Å². The summed E-state index contributed by atoms with van der Waals surface area (Å²) in [5.74, 6) is 1.90. The predicted molar refractivity (Wildman–Crippen MR) is 103 cm³/mol. The molecule has 1 atom stereocenters. The predicted octanol–water partition coefficient (Wildman–Crippen LogP) is 7.53. The summed E-state index contributed by atoms with van der Waals surface area (Å²) in [6.45, 7) is 16.3. The number of hydrogen-bond donors (Lipinski definition) is 0. The smallest absolute Gasteiger partial charge is 0.00768 e. The third kappa shape index (κ3) is 4.02. The Kier molecular flexibility index (Phi) is 5.55. The van der Waals surface area contributed by atoms with Crippen molar-refractivity contribution in [1.82, 2.24) is 0 Å². The van der Waals surface area contributed by atoms with Gasteiger partial charge in [0.1, 0.15) is 0 Å². The quantitative estimate of drug-likeness (QED) is 0.512. The minimum Gasteiger partial charge on any atom is -0.148 e. The van der Waals surface area contributed by atoms with Gasteiger partial charge in [-0.3, -0.25) is 0 Å². The molecule has 2 heterocycles. The first-order valence-corrected chi connectivity index (χ1v) is 10.1. The summed E-state index contributed by atoms with van der Waals surface area (Å²) < 4.78 is 0. The van der Waals surface area contributed by atoms with Crippen molar-refractivity contribution in [3.05, 3.63) is 43.8 Å². The molecule has 2 aromatic rings. The summed E-state index contributed by atoms with van der Waals surface area (Å²) >= 11 is 3.92. The molecule has 0 N–H and O–H groups in total. The van der Waals surface area contributed by atoms with Crippen LogP contribution in [0.2, 0.25) is 0 Å². The van der Waals surface area contributed by atoms with Gasteiger partial charge in [-0.05, 0) is 58.7 Å². The average molecular weight is 335 g/mol. The third-order valence-electron chi connectivity index (χ3n) is 4.49. The highest BCUT2D eigenvalue weighted by Crippen LogP contribution is 2.40. The fraction of sp³-hybridized carbons (Fsp3) is 0.600. The molecule has 0 aliphatic heterocycles. The largest absolute Gasteiger partial charge is 0.148 e. The van der Waals surface area contributed by atoms with E-state index >= 15 is 0 Å². The molecular weight excluding hydrogens is 304 g/mol. The van der Waals surface area contributed by atoms with Gasteiger partial charge in [0.15, 0.2) is 0 Å². The van der Waals surface area contributed by atoms with Gasteiger partial charge in [-0.2, -0.15) is 0 Å². The maximum atomic E-state index is 2.43.